The molecular formula is C25H30N6O. The molecule has 7 heteroatoms. The summed E-state index contributed by atoms with van der Waals surface area (Å²) in [7, 11) is 0. The molecule has 0 fully saturated rings. The molecule has 2 aromatic carbocycles. The summed E-state index contributed by atoms with van der Waals surface area (Å²) in [6.45, 7) is 9.86. The Morgan fingerprint density at radius 1 is 1.00 bits per heavy atom. The van der Waals surface area contributed by atoms with Gasteiger partial charge in [0.25, 0.3) is 0 Å². The van der Waals surface area contributed by atoms with Crippen LogP contribution in [-0.2, 0) is 19.5 Å². The first-order chi connectivity index (χ1) is 15.5. The van der Waals surface area contributed by atoms with Crippen LogP contribution in [0.5, 0.6) is 0 Å². The van der Waals surface area contributed by atoms with Crippen LogP contribution in [-0.4, -0.2) is 29.3 Å². The van der Waals surface area contributed by atoms with Crippen LogP contribution in [0, 0.1) is 12.8 Å². The molecule has 0 N–H and O–H groups in total. The van der Waals surface area contributed by atoms with Crippen LogP contribution in [0.4, 0.5) is 0 Å². The van der Waals surface area contributed by atoms with Gasteiger partial charge in [-0.25, -0.2) is 4.79 Å². The van der Waals surface area contributed by atoms with E-state index in [0.29, 0.717) is 12.5 Å². The second kappa shape index (κ2) is 9.34. The smallest absolute Gasteiger partial charge is 0.296 e. The average molecular weight is 431 g/mol. The monoisotopic (exact) mass is 430 g/mol. The Morgan fingerprint density at radius 3 is 2.41 bits per heavy atom. The van der Waals surface area contributed by atoms with Gasteiger partial charge < -0.3 is 0 Å². The van der Waals surface area contributed by atoms with Crippen molar-refractivity contribution in [1.29, 1.82) is 0 Å². The van der Waals surface area contributed by atoms with Gasteiger partial charge in [-0.2, -0.15) is 4.68 Å². The first-order valence-electron chi connectivity index (χ1n) is 11.2. The Balaban J connectivity index is 1.66. The van der Waals surface area contributed by atoms with E-state index in [1.54, 1.807) is 11.0 Å². The van der Waals surface area contributed by atoms with E-state index in [4.69, 9.17) is 0 Å². The maximum Gasteiger partial charge on any atom is 0.328 e. The number of hydrogen-bond acceptors (Lipinski definition) is 4. The fourth-order valence-corrected chi connectivity index (χ4v) is 4.21. The van der Waals surface area contributed by atoms with Crippen molar-refractivity contribution < 1.29 is 0 Å². The summed E-state index contributed by atoms with van der Waals surface area (Å²) in [5, 5.41) is 11.5. The summed E-state index contributed by atoms with van der Waals surface area (Å²) < 4.78 is 5.55. The SMILES string of the molecule is CCCc1c(C)n(CC(C)C)c(=O)n1Cc1ccc(-c2ccccc2-n2cnnn2)cc1. The van der Waals surface area contributed by atoms with E-state index in [-0.39, 0.29) is 5.69 Å². The van der Waals surface area contributed by atoms with Gasteiger partial charge in [-0.3, -0.25) is 9.13 Å². The van der Waals surface area contributed by atoms with Crippen LogP contribution < -0.4 is 5.69 Å². The molecule has 4 rings (SSSR count). The fraction of sp³-hybridized carbons (Fsp3) is 0.360. The number of para-hydroxylation sites is 1. The molecule has 2 aromatic heterocycles. The van der Waals surface area contributed by atoms with E-state index in [1.807, 2.05) is 27.3 Å². The molecule has 32 heavy (non-hydrogen) atoms. The van der Waals surface area contributed by atoms with Crippen molar-refractivity contribution >= 4 is 0 Å². The molecule has 2 heterocycles. The predicted molar refractivity (Wildman–Crippen MR) is 126 cm³/mol. The van der Waals surface area contributed by atoms with Crippen LogP contribution in [0.15, 0.2) is 59.7 Å². The lowest BCUT2D eigenvalue weighted by molar-refractivity contribution is 0.497. The van der Waals surface area contributed by atoms with E-state index in [2.05, 4.69) is 73.6 Å². The van der Waals surface area contributed by atoms with Crippen LogP contribution in [0.3, 0.4) is 0 Å². The summed E-state index contributed by atoms with van der Waals surface area (Å²) >= 11 is 0. The number of aromatic nitrogens is 6. The topological polar surface area (TPSA) is 70.5 Å². The lowest BCUT2D eigenvalue weighted by Crippen LogP contribution is -2.27. The van der Waals surface area contributed by atoms with Gasteiger partial charge in [0.15, 0.2) is 0 Å². The molecular weight excluding hydrogens is 400 g/mol. The number of hydrogen-bond donors (Lipinski definition) is 0. The van der Waals surface area contributed by atoms with Crippen molar-refractivity contribution in [3.63, 3.8) is 0 Å². The number of nitrogens with zero attached hydrogens (tertiary/aromatic N) is 6. The van der Waals surface area contributed by atoms with Crippen LogP contribution in [0.25, 0.3) is 16.8 Å². The lowest BCUT2D eigenvalue weighted by Gasteiger charge is -2.11. The summed E-state index contributed by atoms with van der Waals surface area (Å²) in [5.41, 5.74) is 6.49. The molecule has 7 nitrogen and oxygen atoms in total. The van der Waals surface area contributed by atoms with Gasteiger partial charge in [0.1, 0.15) is 6.33 Å². The van der Waals surface area contributed by atoms with E-state index in [1.165, 1.54) is 0 Å². The minimum absolute atomic E-state index is 0.0905. The third-order valence-electron chi connectivity index (χ3n) is 5.75. The van der Waals surface area contributed by atoms with Gasteiger partial charge in [-0.1, -0.05) is 69.7 Å². The highest BCUT2D eigenvalue weighted by molar-refractivity contribution is 5.72. The molecule has 0 saturated carbocycles. The third-order valence-corrected chi connectivity index (χ3v) is 5.75. The summed E-state index contributed by atoms with van der Waals surface area (Å²) in [6.07, 6.45) is 3.52. The van der Waals surface area contributed by atoms with E-state index in [9.17, 15) is 4.79 Å². The zero-order valence-corrected chi connectivity index (χ0v) is 19.2. The van der Waals surface area contributed by atoms with Gasteiger partial charge in [-0.15, -0.1) is 5.10 Å². The minimum atomic E-state index is 0.0905. The van der Waals surface area contributed by atoms with Gasteiger partial charge in [0, 0.05) is 23.5 Å². The van der Waals surface area contributed by atoms with Crippen molar-refractivity contribution in [3.05, 3.63) is 82.3 Å². The maximum absolute atomic E-state index is 13.2. The normalized spacial score (nSPS) is 11.4. The van der Waals surface area contributed by atoms with E-state index < -0.39 is 0 Å². The zero-order chi connectivity index (χ0) is 22.7. The minimum Gasteiger partial charge on any atom is -0.296 e. The van der Waals surface area contributed by atoms with Crippen LogP contribution >= 0.6 is 0 Å². The zero-order valence-electron chi connectivity index (χ0n) is 19.2. The molecule has 0 aliphatic rings. The molecule has 0 saturated heterocycles. The Kier molecular flexibility index (Phi) is 6.35. The van der Waals surface area contributed by atoms with Gasteiger partial charge in [-0.05, 0) is 46.9 Å². The highest BCUT2D eigenvalue weighted by Gasteiger charge is 2.17. The Hall–Kier alpha value is -3.48. The number of benzene rings is 2. The Bertz CT molecular complexity index is 1230. The highest BCUT2D eigenvalue weighted by atomic mass is 16.1. The molecule has 0 unspecified atom stereocenters. The highest BCUT2D eigenvalue weighted by Crippen LogP contribution is 2.26. The van der Waals surface area contributed by atoms with E-state index >= 15 is 0 Å². The lowest BCUT2D eigenvalue weighted by atomic mass is 10.0. The van der Waals surface area contributed by atoms with Gasteiger partial charge in [0.2, 0.25) is 0 Å². The number of tetrazole rings is 1. The Morgan fingerprint density at radius 2 is 1.75 bits per heavy atom. The molecule has 0 atom stereocenters. The third kappa shape index (κ3) is 4.28. The molecule has 0 aliphatic carbocycles. The predicted octanol–water partition coefficient (Wildman–Crippen LogP) is 4.26. The number of rotatable bonds is 8. The Labute approximate surface area is 188 Å². The van der Waals surface area contributed by atoms with Crippen molar-refractivity contribution in [1.82, 2.24) is 29.3 Å². The van der Waals surface area contributed by atoms with Crippen LogP contribution in [0.1, 0.15) is 44.1 Å². The van der Waals surface area contributed by atoms with Crippen molar-refractivity contribution in [3.8, 4) is 16.8 Å². The second-order valence-electron chi connectivity index (χ2n) is 8.62. The molecule has 0 amide bonds. The second-order valence-corrected chi connectivity index (χ2v) is 8.62. The van der Waals surface area contributed by atoms with Crippen molar-refractivity contribution in [2.45, 2.75) is 53.6 Å². The first-order valence-corrected chi connectivity index (χ1v) is 11.2. The quantitative estimate of drug-likeness (QED) is 0.419. The first kappa shape index (κ1) is 21.7. The molecule has 0 radical (unpaired) electrons. The molecule has 0 bridgehead atoms. The standard InChI is InChI=1S/C25H30N6O/c1-5-8-23-19(4)29(15-18(2)3)25(32)30(23)16-20-11-13-21(14-12-20)22-9-6-7-10-24(22)31-17-26-27-28-31/h6-7,9-14,17-18H,5,8,15-16H2,1-4H3. The van der Waals surface area contributed by atoms with Crippen molar-refractivity contribution in [2.75, 3.05) is 0 Å². The summed E-state index contributed by atoms with van der Waals surface area (Å²) in [4.78, 5) is 13.2. The number of imidazole rings is 1. The van der Waals surface area contributed by atoms with Crippen LogP contribution in [0.2, 0.25) is 0 Å². The molecule has 4 aromatic rings. The van der Waals surface area contributed by atoms with E-state index in [0.717, 1.165) is 53.2 Å². The van der Waals surface area contributed by atoms with Gasteiger partial charge >= 0.3 is 5.69 Å². The molecule has 0 aliphatic heterocycles. The van der Waals surface area contributed by atoms with Gasteiger partial charge in [0.05, 0.1) is 12.2 Å². The largest absolute Gasteiger partial charge is 0.328 e. The average Bonchev–Trinajstić information content (AvgIpc) is 3.40. The van der Waals surface area contributed by atoms with Crippen molar-refractivity contribution in [2.24, 2.45) is 5.92 Å². The fourth-order valence-electron chi connectivity index (χ4n) is 4.21. The molecule has 0 spiro atoms. The maximum atomic E-state index is 13.2. The molecule has 166 valence electrons. The summed E-state index contributed by atoms with van der Waals surface area (Å²) in [5.74, 6) is 0.427. The summed E-state index contributed by atoms with van der Waals surface area (Å²) in [6, 6.07) is 16.4.